The molecule has 0 amide bonds. The maximum atomic E-state index is 3.72. The number of nitrogens with zero attached hydrogens (tertiary/aromatic N) is 1. The van der Waals surface area contributed by atoms with Crippen molar-refractivity contribution in [1.29, 1.82) is 0 Å². The zero-order chi connectivity index (χ0) is 10.4. The summed E-state index contributed by atoms with van der Waals surface area (Å²) in [5.41, 5.74) is 0. The van der Waals surface area contributed by atoms with Crippen molar-refractivity contribution in [2.75, 3.05) is 31.1 Å². The third-order valence-corrected chi connectivity index (χ3v) is 4.04. The molecule has 1 saturated heterocycles. The predicted octanol–water partition coefficient (Wildman–Crippen LogP) is 1.81. The molecule has 84 valence electrons. The largest absolute Gasteiger partial charge is 0.309 e. The van der Waals surface area contributed by atoms with Gasteiger partial charge in [0.1, 0.15) is 0 Å². The summed E-state index contributed by atoms with van der Waals surface area (Å²) in [6, 6.07) is 1.41. The summed E-state index contributed by atoms with van der Waals surface area (Å²) in [7, 11) is 0. The summed E-state index contributed by atoms with van der Waals surface area (Å²) in [6.45, 7) is 10.3. The summed E-state index contributed by atoms with van der Waals surface area (Å²) in [4.78, 5) is 2.49. The van der Waals surface area contributed by atoms with Crippen molar-refractivity contribution < 1.29 is 0 Å². The lowest BCUT2D eigenvalue weighted by atomic mass is 10.2. The van der Waals surface area contributed by atoms with E-state index in [1.807, 2.05) is 0 Å². The number of thioether (sulfide) groups is 1. The predicted molar refractivity (Wildman–Crippen MR) is 66.1 cm³/mol. The van der Waals surface area contributed by atoms with E-state index in [4.69, 9.17) is 0 Å². The molecule has 2 unspecified atom stereocenters. The zero-order valence-corrected chi connectivity index (χ0v) is 10.6. The van der Waals surface area contributed by atoms with E-state index in [1.165, 1.54) is 37.6 Å². The van der Waals surface area contributed by atoms with Gasteiger partial charge in [0.05, 0.1) is 0 Å². The smallest absolute Gasteiger partial charge is 0.0169 e. The molecule has 1 N–H and O–H groups in total. The van der Waals surface area contributed by atoms with Crippen molar-refractivity contribution in [3.05, 3.63) is 0 Å². The van der Waals surface area contributed by atoms with Gasteiger partial charge in [0, 0.05) is 24.4 Å². The van der Waals surface area contributed by atoms with Crippen molar-refractivity contribution in [3.63, 3.8) is 0 Å². The highest BCUT2D eigenvalue weighted by Gasteiger charge is 2.17. The van der Waals surface area contributed by atoms with Crippen molar-refractivity contribution in [1.82, 2.24) is 10.2 Å². The number of hydrogen-bond donors (Lipinski definition) is 1. The SMILES string of the molecule is CCN(CC)CC(C)NC1CCSC1. The van der Waals surface area contributed by atoms with Gasteiger partial charge in [-0.05, 0) is 32.2 Å². The average Bonchev–Trinajstić information content (AvgIpc) is 2.66. The lowest BCUT2D eigenvalue weighted by molar-refractivity contribution is 0.264. The molecule has 0 spiro atoms. The highest BCUT2D eigenvalue weighted by Crippen LogP contribution is 2.17. The van der Waals surface area contributed by atoms with Gasteiger partial charge in [-0.25, -0.2) is 0 Å². The standard InChI is InChI=1S/C11H24N2S/c1-4-13(5-2)8-10(3)12-11-6-7-14-9-11/h10-12H,4-9H2,1-3H3. The maximum Gasteiger partial charge on any atom is 0.0169 e. The van der Waals surface area contributed by atoms with Gasteiger partial charge in [-0.15, -0.1) is 0 Å². The Morgan fingerprint density at radius 2 is 2.14 bits per heavy atom. The zero-order valence-electron chi connectivity index (χ0n) is 9.75. The fourth-order valence-corrected chi connectivity index (χ4v) is 3.16. The first-order chi connectivity index (χ1) is 6.76. The number of hydrogen-bond acceptors (Lipinski definition) is 3. The first kappa shape index (κ1) is 12.3. The molecular weight excluding hydrogens is 192 g/mol. The highest BCUT2D eigenvalue weighted by atomic mass is 32.2. The first-order valence-corrected chi connectivity index (χ1v) is 6.97. The molecule has 1 aliphatic heterocycles. The van der Waals surface area contributed by atoms with Crippen LogP contribution in [0, 0.1) is 0 Å². The fourth-order valence-electron chi connectivity index (χ4n) is 1.99. The van der Waals surface area contributed by atoms with E-state index in [1.54, 1.807) is 0 Å². The van der Waals surface area contributed by atoms with Crippen molar-refractivity contribution in [3.8, 4) is 0 Å². The molecule has 0 bridgehead atoms. The van der Waals surface area contributed by atoms with Crippen LogP contribution in [0.5, 0.6) is 0 Å². The van der Waals surface area contributed by atoms with Gasteiger partial charge in [-0.3, -0.25) is 0 Å². The molecule has 2 atom stereocenters. The van der Waals surface area contributed by atoms with Crippen LogP contribution in [-0.4, -0.2) is 48.1 Å². The van der Waals surface area contributed by atoms with Gasteiger partial charge < -0.3 is 10.2 Å². The van der Waals surface area contributed by atoms with Crippen LogP contribution in [-0.2, 0) is 0 Å². The molecule has 1 fully saturated rings. The molecule has 0 aliphatic carbocycles. The summed E-state index contributed by atoms with van der Waals surface area (Å²) < 4.78 is 0. The molecule has 0 saturated carbocycles. The molecule has 0 aromatic heterocycles. The second-order valence-corrected chi connectivity index (χ2v) is 5.26. The second-order valence-electron chi connectivity index (χ2n) is 4.11. The van der Waals surface area contributed by atoms with Crippen LogP contribution in [0.2, 0.25) is 0 Å². The summed E-state index contributed by atoms with van der Waals surface area (Å²) in [6.07, 6.45) is 1.35. The number of nitrogens with one attached hydrogen (secondary N) is 1. The van der Waals surface area contributed by atoms with E-state index in [0.29, 0.717) is 6.04 Å². The Balaban J connectivity index is 2.16. The summed E-state index contributed by atoms with van der Waals surface area (Å²) in [5.74, 6) is 2.65. The van der Waals surface area contributed by atoms with Gasteiger partial charge in [-0.2, -0.15) is 11.8 Å². The quantitative estimate of drug-likeness (QED) is 0.729. The van der Waals surface area contributed by atoms with Crippen LogP contribution in [0.25, 0.3) is 0 Å². The Bertz CT molecular complexity index is 138. The van der Waals surface area contributed by atoms with E-state index >= 15 is 0 Å². The minimum absolute atomic E-state index is 0.638. The van der Waals surface area contributed by atoms with Crippen LogP contribution in [0.4, 0.5) is 0 Å². The average molecular weight is 216 g/mol. The topological polar surface area (TPSA) is 15.3 Å². The lowest BCUT2D eigenvalue weighted by Crippen LogP contribution is -2.43. The third-order valence-electron chi connectivity index (χ3n) is 2.88. The Morgan fingerprint density at radius 1 is 1.43 bits per heavy atom. The van der Waals surface area contributed by atoms with Crippen LogP contribution in [0.3, 0.4) is 0 Å². The van der Waals surface area contributed by atoms with E-state index < -0.39 is 0 Å². The van der Waals surface area contributed by atoms with Crippen LogP contribution < -0.4 is 5.32 Å². The molecule has 14 heavy (non-hydrogen) atoms. The maximum absolute atomic E-state index is 3.72. The van der Waals surface area contributed by atoms with Crippen molar-refractivity contribution >= 4 is 11.8 Å². The van der Waals surface area contributed by atoms with Crippen LogP contribution in [0.15, 0.2) is 0 Å². The molecule has 1 rings (SSSR count). The first-order valence-electron chi connectivity index (χ1n) is 5.82. The molecule has 3 heteroatoms. The second kappa shape index (κ2) is 6.70. The summed E-state index contributed by atoms with van der Waals surface area (Å²) in [5, 5.41) is 3.72. The van der Waals surface area contributed by atoms with Gasteiger partial charge in [0.15, 0.2) is 0 Å². The summed E-state index contributed by atoms with van der Waals surface area (Å²) >= 11 is 2.08. The normalized spacial score (nSPS) is 24.4. The van der Waals surface area contributed by atoms with Gasteiger partial charge in [0.2, 0.25) is 0 Å². The van der Waals surface area contributed by atoms with E-state index in [-0.39, 0.29) is 0 Å². The highest BCUT2D eigenvalue weighted by molar-refractivity contribution is 7.99. The molecule has 1 heterocycles. The van der Waals surface area contributed by atoms with E-state index in [0.717, 1.165) is 6.04 Å². The molecule has 1 aliphatic rings. The molecule has 0 aromatic rings. The van der Waals surface area contributed by atoms with E-state index in [9.17, 15) is 0 Å². The number of likely N-dealkylation sites (N-methyl/N-ethyl adjacent to an activating group) is 1. The Kier molecular flexibility index (Phi) is 5.90. The van der Waals surface area contributed by atoms with Gasteiger partial charge >= 0.3 is 0 Å². The Morgan fingerprint density at radius 3 is 2.64 bits per heavy atom. The van der Waals surface area contributed by atoms with E-state index in [2.05, 4.69) is 42.7 Å². The Hall–Kier alpha value is 0.270. The fraction of sp³-hybridized carbons (Fsp3) is 1.00. The van der Waals surface area contributed by atoms with Crippen LogP contribution >= 0.6 is 11.8 Å². The van der Waals surface area contributed by atoms with Gasteiger partial charge in [-0.1, -0.05) is 13.8 Å². The third kappa shape index (κ3) is 4.20. The van der Waals surface area contributed by atoms with Crippen molar-refractivity contribution in [2.24, 2.45) is 0 Å². The molecule has 2 nitrogen and oxygen atoms in total. The molecule has 0 radical (unpaired) electrons. The molecular formula is C11H24N2S. The monoisotopic (exact) mass is 216 g/mol. The Labute approximate surface area is 92.8 Å². The lowest BCUT2D eigenvalue weighted by Gasteiger charge is -2.25. The minimum atomic E-state index is 0.638. The number of rotatable bonds is 6. The van der Waals surface area contributed by atoms with Crippen molar-refractivity contribution in [2.45, 2.75) is 39.3 Å². The van der Waals surface area contributed by atoms with Crippen LogP contribution in [0.1, 0.15) is 27.2 Å². The van der Waals surface area contributed by atoms with Gasteiger partial charge in [0.25, 0.3) is 0 Å². The molecule has 0 aromatic carbocycles. The minimum Gasteiger partial charge on any atom is -0.309 e.